The number of ether oxygens (including phenoxy) is 3. The van der Waals surface area contributed by atoms with Gasteiger partial charge in [-0.05, 0) is 58.6 Å². The lowest BCUT2D eigenvalue weighted by Gasteiger charge is -2.32. The van der Waals surface area contributed by atoms with Crippen molar-refractivity contribution in [1.82, 2.24) is 4.90 Å². The predicted octanol–water partition coefficient (Wildman–Crippen LogP) is 5.65. The second-order valence-electron chi connectivity index (χ2n) is 10.6. The van der Waals surface area contributed by atoms with Crippen LogP contribution in [0.25, 0.3) is 0 Å². The Labute approximate surface area is 218 Å². The number of carbonyl (C=O) groups excluding carboxylic acids is 3. The molecule has 0 bridgehead atoms. The molecule has 2 rings (SSSR count). The average molecular weight is 516 g/mol. The quantitative estimate of drug-likeness (QED) is 0.284. The molecule has 1 amide bonds. The lowest BCUT2D eigenvalue weighted by molar-refractivity contribution is -0.172. The van der Waals surface area contributed by atoms with E-state index in [1.54, 1.807) is 20.8 Å². The van der Waals surface area contributed by atoms with Gasteiger partial charge in [-0.3, -0.25) is 4.90 Å². The van der Waals surface area contributed by atoms with Crippen LogP contribution in [0, 0.1) is 0 Å². The summed E-state index contributed by atoms with van der Waals surface area (Å²) < 4.78 is 31.1. The Balaban J connectivity index is 2.21. The summed E-state index contributed by atoms with van der Waals surface area (Å²) in [7, 11) is 1.35. The first-order valence-electron chi connectivity index (χ1n) is 12.3. The molecular formula is C29H38FNO6. The van der Waals surface area contributed by atoms with Gasteiger partial charge in [-0.15, -0.1) is 0 Å². The van der Waals surface area contributed by atoms with E-state index < -0.39 is 41.4 Å². The van der Waals surface area contributed by atoms with E-state index in [0.29, 0.717) is 6.42 Å². The molecule has 0 fully saturated rings. The fraction of sp³-hybridized carbons (Fsp3) is 0.483. The van der Waals surface area contributed by atoms with Gasteiger partial charge in [0.15, 0.2) is 6.10 Å². The second kappa shape index (κ2) is 13.2. The van der Waals surface area contributed by atoms with Crippen molar-refractivity contribution in [2.45, 2.75) is 83.9 Å². The molecule has 202 valence electrons. The van der Waals surface area contributed by atoms with Gasteiger partial charge >= 0.3 is 18.0 Å². The highest BCUT2D eigenvalue weighted by atomic mass is 19.1. The molecule has 2 atom stereocenters. The summed E-state index contributed by atoms with van der Waals surface area (Å²) in [5, 5.41) is 0. The molecule has 0 saturated carbocycles. The number of rotatable bonds is 11. The maximum Gasteiger partial charge on any atom is 0.410 e. The van der Waals surface area contributed by atoms with Crippen molar-refractivity contribution in [3.05, 3.63) is 71.8 Å². The third-order valence-corrected chi connectivity index (χ3v) is 5.38. The molecule has 0 spiro atoms. The highest BCUT2D eigenvalue weighted by Crippen LogP contribution is 2.23. The van der Waals surface area contributed by atoms with Gasteiger partial charge < -0.3 is 14.2 Å². The molecule has 7 nitrogen and oxygen atoms in total. The van der Waals surface area contributed by atoms with Crippen molar-refractivity contribution in [1.29, 1.82) is 0 Å². The Morgan fingerprint density at radius 3 is 1.92 bits per heavy atom. The molecule has 0 heterocycles. The minimum absolute atomic E-state index is 0.0117. The molecule has 0 radical (unpaired) electrons. The van der Waals surface area contributed by atoms with Crippen LogP contribution in [0.15, 0.2) is 60.7 Å². The molecule has 2 aromatic rings. The van der Waals surface area contributed by atoms with Crippen LogP contribution in [-0.4, -0.2) is 53.4 Å². The number of hydrogen-bond acceptors (Lipinski definition) is 6. The van der Waals surface area contributed by atoms with E-state index in [4.69, 9.17) is 14.2 Å². The maximum atomic E-state index is 14.7. The Morgan fingerprint density at radius 2 is 1.41 bits per heavy atom. The molecular weight excluding hydrogens is 477 g/mol. The van der Waals surface area contributed by atoms with E-state index in [2.05, 4.69) is 0 Å². The third-order valence-electron chi connectivity index (χ3n) is 5.38. The number of nitrogens with zero attached hydrogens (tertiary/aromatic N) is 1. The SMILES string of the molecule is CN(C(=O)OC(C)(C)C)[C@@H](CC(C)(C)F)C(=O)O[C@H](CCc1ccccc1)C(=O)OCc1ccccc1. The van der Waals surface area contributed by atoms with Crippen LogP contribution in [0.2, 0.25) is 0 Å². The normalized spacial score (nSPS) is 13.3. The Bertz CT molecular complexity index is 1010. The standard InChI is InChI=1S/C29H38FNO6/c1-28(2,3)37-27(34)31(6)23(19-29(4,5)30)25(32)36-24(18-17-21-13-9-7-10-14-21)26(33)35-20-22-15-11-8-12-16-22/h7-16,23-24H,17-20H2,1-6H3/t23-,24+/m0/s1. The first-order valence-corrected chi connectivity index (χ1v) is 12.3. The Hall–Kier alpha value is -3.42. The smallest absolute Gasteiger partial charge is 0.410 e. The maximum absolute atomic E-state index is 14.7. The topological polar surface area (TPSA) is 82.1 Å². The van der Waals surface area contributed by atoms with Crippen LogP contribution >= 0.6 is 0 Å². The summed E-state index contributed by atoms with van der Waals surface area (Å²) in [5.74, 6) is -1.62. The second-order valence-corrected chi connectivity index (χ2v) is 10.6. The summed E-state index contributed by atoms with van der Waals surface area (Å²) in [6, 6.07) is 17.2. The van der Waals surface area contributed by atoms with Gasteiger partial charge in [0.2, 0.25) is 0 Å². The average Bonchev–Trinajstić information content (AvgIpc) is 2.82. The summed E-state index contributed by atoms with van der Waals surface area (Å²) in [4.78, 5) is 40.0. The molecule has 37 heavy (non-hydrogen) atoms. The van der Waals surface area contributed by atoms with Crippen LogP contribution in [-0.2, 0) is 36.8 Å². The number of amides is 1. The monoisotopic (exact) mass is 515 g/mol. The van der Waals surface area contributed by atoms with Gasteiger partial charge in [-0.25, -0.2) is 18.8 Å². The zero-order chi connectivity index (χ0) is 27.6. The molecule has 0 aromatic heterocycles. The summed E-state index contributed by atoms with van der Waals surface area (Å²) in [5.41, 5.74) is -0.880. The number of likely N-dealkylation sites (N-methyl/N-ethyl adjacent to an activating group) is 1. The fourth-order valence-electron chi connectivity index (χ4n) is 3.51. The number of halogens is 1. The van der Waals surface area contributed by atoms with E-state index in [1.165, 1.54) is 20.9 Å². The molecule has 0 N–H and O–H groups in total. The summed E-state index contributed by atoms with van der Waals surface area (Å²) in [6.45, 7) is 7.68. The van der Waals surface area contributed by atoms with E-state index in [1.807, 2.05) is 60.7 Å². The number of hydrogen-bond donors (Lipinski definition) is 0. The van der Waals surface area contributed by atoms with Crippen molar-refractivity contribution in [2.24, 2.45) is 0 Å². The van der Waals surface area contributed by atoms with Crippen LogP contribution in [0.3, 0.4) is 0 Å². The van der Waals surface area contributed by atoms with Crippen molar-refractivity contribution < 1.29 is 33.0 Å². The number of carbonyl (C=O) groups is 3. The van der Waals surface area contributed by atoms with E-state index in [-0.39, 0.29) is 19.4 Å². The fourth-order valence-corrected chi connectivity index (χ4v) is 3.51. The largest absolute Gasteiger partial charge is 0.458 e. The highest BCUT2D eigenvalue weighted by molar-refractivity contribution is 5.84. The van der Waals surface area contributed by atoms with Crippen molar-refractivity contribution in [3.63, 3.8) is 0 Å². The summed E-state index contributed by atoms with van der Waals surface area (Å²) >= 11 is 0. The zero-order valence-corrected chi connectivity index (χ0v) is 22.5. The lowest BCUT2D eigenvalue weighted by Crippen LogP contribution is -2.49. The minimum Gasteiger partial charge on any atom is -0.458 e. The van der Waals surface area contributed by atoms with Crippen LogP contribution in [0.5, 0.6) is 0 Å². The lowest BCUT2D eigenvalue weighted by atomic mass is 10.00. The zero-order valence-electron chi connectivity index (χ0n) is 22.5. The van der Waals surface area contributed by atoms with E-state index >= 15 is 0 Å². The number of alkyl halides is 1. The van der Waals surface area contributed by atoms with Crippen LogP contribution in [0.1, 0.15) is 58.6 Å². The predicted molar refractivity (Wildman–Crippen MR) is 138 cm³/mol. The Morgan fingerprint density at radius 1 is 0.865 bits per heavy atom. The van der Waals surface area contributed by atoms with Gasteiger partial charge in [0.05, 0.1) is 0 Å². The van der Waals surface area contributed by atoms with E-state index in [0.717, 1.165) is 16.0 Å². The van der Waals surface area contributed by atoms with Crippen molar-refractivity contribution in [2.75, 3.05) is 7.05 Å². The molecule has 8 heteroatoms. The number of benzene rings is 2. The Kier molecular flexibility index (Phi) is 10.6. The molecule has 0 unspecified atom stereocenters. The van der Waals surface area contributed by atoms with Crippen molar-refractivity contribution >= 4 is 18.0 Å². The van der Waals surface area contributed by atoms with Crippen LogP contribution in [0.4, 0.5) is 9.18 Å². The molecule has 0 aliphatic rings. The summed E-state index contributed by atoms with van der Waals surface area (Å²) in [6.07, 6.45) is -1.78. The molecule has 0 saturated heterocycles. The van der Waals surface area contributed by atoms with Gasteiger partial charge in [0, 0.05) is 13.5 Å². The van der Waals surface area contributed by atoms with Gasteiger partial charge in [-0.2, -0.15) is 0 Å². The number of aryl methyl sites for hydroxylation is 1. The highest BCUT2D eigenvalue weighted by Gasteiger charge is 2.38. The van der Waals surface area contributed by atoms with E-state index in [9.17, 15) is 18.8 Å². The molecule has 2 aromatic carbocycles. The minimum atomic E-state index is -1.80. The first kappa shape index (κ1) is 29.8. The number of esters is 2. The van der Waals surface area contributed by atoms with Gasteiger partial charge in [0.25, 0.3) is 0 Å². The van der Waals surface area contributed by atoms with Gasteiger partial charge in [-0.1, -0.05) is 60.7 Å². The molecule has 0 aliphatic carbocycles. The molecule has 0 aliphatic heterocycles. The first-order chi connectivity index (χ1) is 17.2. The van der Waals surface area contributed by atoms with Crippen molar-refractivity contribution in [3.8, 4) is 0 Å². The third kappa shape index (κ3) is 11.0. The van der Waals surface area contributed by atoms with Crippen LogP contribution < -0.4 is 0 Å². The van der Waals surface area contributed by atoms with Gasteiger partial charge in [0.1, 0.15) is 23.9 Å².